The molecule has 0 aromatic rings. The topological polar surface area (TPSA) is 18.5 Å². The molecule has 0 spiro atoms. The van der Waals surface area contributed by atoms with E-state index in [1.54, 1.807) is 0 Å². The van der Waals surface area contributed by atoms with Gasteiger partial charge in [0.25, 0.3) is 0 Å². The minimum absolute atomic E-state index is 0.784. The van der Waals surface area contributed by atoms with Gasteiger partial charge >= 0.3 is 0 Å². The maximum atomic E-state index is 3.90. The first-order valence-corrected chi connectivity index (χ1v) is 7.48. The third-order valence-corrected chi connectivity index (χ3v) is 5.02. The Kier molecular flexibility index (Phi) is 3.69. The van der Waals surface area contributed by atoms with E-state index in [4.69, 9.17) is 0 Å². The van der Waals surface area contributed by atoms with Crippen LogP contribution in [0.1, 0.15) is 32.1 Å². The van der Waals surface area contributed by atoms with Gasteiger partial charge in [0.05, 0.1) is 0 Å². The highest BCUT2D eigenvalue weighted by molar-refractivity contribution is 4.94. The van der Waals surface area contributed by atoms with Gasteiger partial charge in [-0.05, 0) is 32.2 Å². The number of likely N-dealkylation sites (N-methyl/N-ethyl adjacent to an activating group) is 1. The fourth-order valence-corrected chi connectivity index (χ4v) is 3.91. The van der Waals surface area contributed by atoms with E-state index < -0.39 is 0 Å². The number of piperazine rings is 1. The van der Waals surface area contributed by atoms with Gasteiger partial charge in [-0.1, -0.05) is 12.8 Å². The molecule has 0 aromatic heterocycles. The van der Waals surface area contributed by atoms with Crippen molar-refractivity contribution >= 4 is 0 Å². The van der Waals surface area contributed by atoms with Crippen LogP contribution < -0.4 is 5.32 Å². The summed E-state index contributed by atoms with van der Waals surface area (Å²) in [5.41, 5.74) is 0. The Labute approximate surface area is 106 Å². The molecule has 0 amide bonds. The molecule has 3 fully saturated rings. The summed E-state index contributed by atoms with van der Waals surface area (Å²) in [6, 6.07) is 1.65. The van der Waals surface area contributed by atoms with Gasteiger partial charge in [0.1, 0.15) is 0 Å². The van der Waals surface area contributed by atoms with E-state index in [9.17, 15) is 0 Å². The van der Waals surface area contributed by atoms with Crippen LogP contribution in [0.25, 0.3) is 0 Å². The number of nitrogens with one attached hydrogen (secondary N) is 1. The molecule has 0 radical (unpaired) electrons. The molecule has 98 valence electrons. The second-order valence-corrected chi connectivity index (χ2v) is 6.35. The molecule has 0 bridgehead atoms. The third kappa shape index (κ3) is 2.83. The molecule has 3 heteroatoms. The van der Waals surface area contributed by atoms with E-state index in [-0.39, 0.29) is 0 Å². The Balaban J connectivity index is 1.46. The molecule has 3 atom stereocenters. The zero-order chi connectivity index (χ0) is 11.7. The maximum Gasteiger partial charge on any atom is 0.0200 e. The first kappa shape index (κ1) is 11.9. The third-order valence-electron chi connectivity index (χ3n) is 5.02. The summed E-state index contributed by atoms with van der Waals surface area (Å²) in [5.74, 6) is 1.00. The summed E-state index contributed by atoms with van der Waals surface area (Å²) < 4.78 is 0. The molecule has 1 saturated carbocycles. The van der Waals surface area contributed by atoms with Crippen molar-refractivity contribution < 1.29 is 0 Å². The van der Waals surface area contributed by atoms with Crippen LogP contribution in [0.3, 0.4) is 0 Å². The fraction of sp³-hybridized carbons (Fsp3) is 1.00. The number of hydrogen-bond acceptors (Lipinski definition) is 3. The first-order valence-electron chi connectivity index (χ1n) is 7.48. The molecule has 0 aromatic carbocycles. The minimum atomic E-state index is 0.784. The van der Waals surface area contributed by atoms with Crippen LogP contribution in [0.15, 0.2) is 0 Å². The molecule has 2 heterocycles. The highest BCUT2D eigenvalue weighted by atomic mass is 15.3. The van der Waals surface area contributed by atoms with E-state index >= 15 is 0 Å². The standard InChI is InChI=1S/C14H27N3/c1-16-6-8-17(9-7-16)11-13-10-12-4-2-3-5-14(12)15-13/h12-15H,2-11H2,1H3. The normalized spacial score (nSPS) is 40.4. The smallest absolute Gasteiger partial charge is 0.0200 e. The van der Waals surface area contributed by atoms with Gasteiger partial charge < -0.3 is 10.2 Å². The van der Waals surface area contributed by atoms with E-state index in [0.29, 0.717) is 0 Å². The predicted octanol–water partition coefficient (Wildman–Crippen LogP) is 1.15. The highest BCUT2D eigenvalue weighted by Gasteiger charge is 2.35. The summed E-state index contributed by atoms with van der Waals surface area (Å²) in [6.45, 7) is 6.33. The lowest BCUT2D eigenvalue weighted by atomic mass is 9.85. The monoisotopic (exact) mass is 237 g/mol. The van der Waals surface area contributed by atoms with Crippen LogP contribution in [0.4, 0.5) is 0 Å². The summed E-state index contributed by atoms with van der Waals surface area (Å²) in [5, 5.41) is 3.90. The Morgan fingerprint density at radius 1 is 1.06 bits per heavy atom. The zero-order valence-electron chi connectivity index (χ0n) is 11.2. The van der Waals surface area contributed by atoms with Crippen LogP contribution in [0.2, 0.25) is 0 Å². The molecule has 17 heavy (non-hydrogen) atoms. The number of hydrogen-bond donors (Lipinski definition) is 1. The van der Waals surface area contributed by atoms with Crippen molar-refractivity contribution in [2.45, 2.75) is 44.2 Å². The van der Waals surface area contributed by atoms with E-state index in [0.717, 1.165) is 18.0 Å². The van der Waals surface area contributed by atoms with Crippen molar-refractivity contribution in [2.75, 3.05) is 39.8 Å². The lowest BCUT2D eigenvalue weighted by Crippen LogP contribution is -2.49. The Bertz CT molecular complexity index is 234. The molecule has 2 saturated heterocycles. The van der Waals surface area contributed by atoms with Crippen molar-refractivity contribution in [3.05, 3.63) is 0 Å². The highest BCUT2D eigenvalue weighted by Crippen LogP contribution is 2.33. The lowest BCUT2D eigenvalue weighted by molar-refractivity contribution is 0.144. The molecular weight excluding hydrogens is 210 g/mol. The average Bonchev–Trinajstić information content (AvgIpc) is 2.74. The molecule has 1 aliphatic carbocycles. The largest absolute Gasteiger partial charge is 0.310 e. The summed E-state index contributed by atoms with van der Waals surface area (Å²) in [6.07, 6.45) is 7.29. The average molecular weight is 237 g/mol. The van der Waals surface area contributed by atoms with Crippen LogP contribution in [0.5, 0.6) is 0 Å². The lowest BCUT2D eigenvalue weighted by Gasteiger charge is -2.34. The Morgan fingerprint density at radius 2 is 1.82 bits per heavy atom. The molecule has 2 aliphatic heterocycles. The van der Waals surface area contributed by atoms with Crippen molar-refractivity contribution in [3.63, 3.8) is 0 Å². The van der Waals surface area contributed by atoms with Crippen molar-refractivity contribution in [2.24, 2.45) is 5.92 Å². The van der Waals surface area contributed by atoms with Gasteiger partial charge in [-0.3, -0.25) is 4.90 Å². The molecule has 3 nitrogen and oxygen atoms in total. The summed E-state index contributed by atoms with van der Waals surface area (Å²) >= 11 is 0. The SMILES string of the molecule is CN1CCN(CC2CC3CCCCC3N2)CC1. The molecule has 3 rings (SSSR count). The van der Waals surface area contributed by atoms with Gasteiger partial charge in [0, 0.05) is 44.8 Å². The van der Waals surface area contributed by atoms with Gasteiger partial charge in [0.2, 0.25) is 0 Å². The summed E-state index contributed by atoms with van der Waals surface area (Å²) in [4.78, 5) is 5.10. The molecule has 3 unspecified atom stereocenters. The number of fused-ring (bicyclic) bond motifs is 1. The second kappa shape index (κ2) is 5.25. The zero-order valence-corrected chi connectivity index (χ0v) is 11.2. The molecular formula is C14H27N3. The first-order chi connectivity index (χ1) is 8.31. The Hall–Kier alpha value is -0.120. The second-order valence-electron chi connectivity index (χ2n) is 6.35. The van der Waals surface area contributed by atoms with Crippen molar-refractivity contribution in [3.8, 4) is 0 Å². The van der Waals surface area contributed by atoms with Crippen LogP contribution in [-0.4, -0.2) is 61.7 Å². The van der Waals surface area contributed by atoms with E-state index in [2.05, 4.69) is 22.2 Å². The van der Waals surface area contributed by atoms with E-state index in [1.165, 1.54) is 64.8 Å². The Morgan fingerprint density at radius 3 is 2.59 bits per heavy atom. The minimum Gasteiger partial charge on any atom is -0.310 e. The summed E-state index contributed by atoms with van der Waals surface area (Å²) in [7, 11) is 2.24. The molecule has 1 N–H and O–H groups in total. The molecule has 3 aliphatic rings. The van der Waals surface area contributed by atoms with Crippen LogP contribution in [-0.2, 0) is 0 Å². The van der Waals surface area contributed by atoms with Crippen molar-refractivity contribution in [1.82, 2.24) is 15.1 Å². The van der Waals surface area contributed by atoms with Gasteiger partial charge in [-0.2, -0.15) is 0 Å². The number of rotatable bonds is 2. The van der Waals surface area contributed by atoms with E-state index in [1.807, 2.05) is 0 Å². The van der Waals surface area contributed by atoms with Gasteiger partial charge in [-0.15, -0.1) is 0 Å². The number of nitrogens with zero attached hydrogens (tertiary/aromatic N) is 2. The maximum absolute atomic E-state index is 3.90. The van der Waals surface area contributed by atoms with Gasteiger partial charge in [0.15, 0.2) is 0 Å². The van der Waals surface area contributed by atoms with Crippen LogP contribution in [0, 0.1) is 5.92 Å². The fourth-order valence-electron chi connectivity index (χ4n) is 3.91. The van der Waals surface area contributed by atoms with Crippen LogP contribution >= 0.6 is 0 Å². The quantitative estimate of drug-likeness (QED) is 0.777. The van der Waals surface area contributed by atoms with Crippen molar-refractivity contribution in [1.29, 1.82) is 0 Å². The predicted molar refractivity (Wildman–Crippen MR) is 71.2 cm³/mol. The van der Waals surface area contributed by atoms with Gasteiger partial charge in [-0.25, -0.2) is 0 Å².